The monoisotopic (exact) mass is 254 g/mol. The minimum atomic E-state index is -0.0372. The van der Waals surface area contributed by atoms with E-state index in [2.05, 4.69) is 27.7 Å². The van der Waals surface area contributed by atoms with Crippen LogP contribution in [0.15, 0.2) is 52.6 Å². The third kappa shape index (κ3) is 2.30. The smallest absolute Gasteiger partial charge is 0.169 e. The van der Waals surface area contributed by atoms with Gasteiger partial charge in [0.1, 0.15) is 0 Å². The van der Waals surface area contributed by atoms with Crippen molar-refractivity contribution in [2.24, 2.45) is 11.8 Å². The van der Waals surface area contributed by atoms with Crippen LogP contribution in [0.3, 0.4) is 0 Å². The van der Waals surface area contributed by atoms with Gasteiger partial charge in [0.15, 0.2) is 5.78 Å². The molecule has 0 aromatic heterocycles. The zero-order valence-electron chi connectivity index (χ0n) is 12.4. The number of carbonyl (C=O) groups excluding carboxylic acids is 1. The summed E-state index contributed by atoms with van der Waals surface area (Å²) in [5.41, 5.74) is 6.17. The van der Waals surface area contributed by atoms with Crippen LogP contribution in [0.4, 0.5) is 0 Å². The van der Waals surface area contributed by atoms with Gasteiger partial charge in [0.05, 0.1) is 0 Å². The number of hydrogen-bond donors (Lipinski definition) is 0. The van der Waals surface area contributed by atoms with Crippen LogP contribution in [-0.2, 0) is 0 Å². The lowest BCUT2D eigenvalue weighted by atomic mass is 9.84. The van der Waals surface area contributed by atoms with Crippen molar-refractivity contribution in [1.29, 1.82) is 0 Å². The van der Waals surface area contributed by atoms with E-state index >= 15 is 0 Å². The molecule has 0 saturated heterocycles. The molecular formula is C18H22O. The number of allylic oxidation sites excluding steroid dienone is 4. The van der Waals surface area contributed by atoms with Gasteiger partial charge in [0.2, 0.25) is 0 Å². The first kappa shape index (κ1) is 13.8. The minimum absolute atomic E-state index is 0.0372. The van der Waals surface area contributed by atoms with Crippen LogP contribution in [0.1, 0.15) is 45.0 Å². The van der Waals surface area contributed by atoms with E-state index in [9.17, 15) is 4.79 Å². The number of Topliss-reactive ketones (excluding diaryl/α,β-unsaturated/α-hetero) is 1. The SMILES string of the molecule is CC1=C(C)C(C)C(C(C)C(=O)c2ccccc2)=C1C. The Bertz CT molecular complexity index is 561. The Kier molecular flexibility index (Phi) is 3.75. The fourth-order valence-corrected chi connectivity index (χ4v) is 3.09. The second kappa shape index (κ2) is 5.16. The molecule has 2 unspecified atom stereocenters. The molecule has 0 bridgehead atoms. The zero-order valence-corrected chi connectivity index (χ0v) is 12.4. The highest BCUT2D eigenvalue weighted by Crippen LogP contribution is 2.41. The van der Waals surface area contributed by atoms with Gasteiger partial charge in [0, 0.05) is 11.5 Å². The zero-order chi connectivity index (χ0) is 14.2. The van der Waals surface area contributed by atoms with Gasteiger partial charge < -0.3 is 0 Å². The summed E-state index contributed by atoms with van der Waals surface area (Å²) in [6.07, 6.45) is 0. The van der Waals surface area contributed by atoms with Crippen molar-refractivity contribution in [2.75, 3.05) is 0 Å². The first-order valence-electron chi connectivity index (χ1n) is 6.92. The Labute approximate surface area is 116 Å². The third-order valence-corrected chi connectivity index (χ3v) is 4.62. The lowest BCUT2D eigenvalue weighted by molar-refractivity contribution is 0.0944. The molecule has 0 radical (unpaired) electrons. The predicted octanol–water partition coefficient (Wildman–Crippen LogP) is 4.81. The molecule has 1 nitrogen and oxygen atoms in total. The first-order valence-corrected chi connectivity index (χ1v) is 6.92. The summed E-state index contributed by atoms with van der Waals surface area (Å²) in [6.45, 7) is 10.7. The molecule has 100 valence electrons. The normalized spacial score (nSPS) is 21.0. The highest BCUT2D eigenvalue weighted by Gasteiger charge is 2.30. The molecule has 1 aromatic carbocycles. The van der Waals surface area contributed by atoms with Gasteiger partial charge in [0.25, 0.3) is 0 Å². The van der Waals surface area contributed by atoms with Crippen molar-refractivity contribution in [2.45, 2.75) is 34.6 Å². The van der Waals surface area contributed by atoms with Crippen molar-refractivity contribution >= 4 is 5.78 Å². The molecule has 0 spiro atoms. The lowest BCUT2D eigenvalue weighted by Crippen LogP contribution is -2.17. The quantitative estimate of drug-likeness (QED) is 0.707. The van der Waals surface area contributed by atoms with E-state index in [1.54, 1.807) is 0 Å². The minimum Gasteiger partial charge on any atom is -0.294 e. The van der Waals surface area contributed by atoms with Gasteiger partial charge in [-0.3, -0.25) is 4.79 Å². The van der Waals surface area contributed by atoms with Crippen LogP contribution in [0.5, 0.6) is 0 Å². The van der Waals surface area contributed by atoms with Crippen LogP contribution in [-0.4, -0.2) is 5.78 Å². The summed E-state index contributed by atoms with van der Waals surface area (Å²) < 4.78 is 0. The fourth-order valence-electron chi connectivity index (χ4n) is 3.09. The summed E-state index contributed by atoms with van der Waals surface area (Å²) in [6, 6.07) is 9.60. The van der Waals surface area contributed by atoms with Crippen LogP contribution in [0.25, 0.3) is 0 Å². The Balaban J connectivity index is 2.32. The van der Waals surface area contributed by atoms with Gasteiger partial charge in [-0.1, -0.05) is 49.8 Å². The van der Waals surface area contributed by atoms with Crippen molar-refractivity contribution in [3.63, 3.8) is 0 Å². The Morgan fingerprint density at radius 2 is 1.63 bits per heavy atom. The first-order chi connectivity index (χ1) is 8.95. The van der Waals surface area contributed by atoms with E-state index < -0.39 is 0 Å². The Hall–Kier alpha value is -1.63. The van der Waals surface area contributed by atoms with Gasteiger partial charge in [-0.25, -0.2) is 0 Å². The molecule has 1 aliphatic rings. The van der Waals surface area contributed by atoms with E-state index in [4.69, 9.17) is 0 Å². The summed E-state index contributed by atoms with van der Waals surface area (Å²) >= 11 is 0. The molecule has 0 N–H and O–H groups in total. The standard InChI is InChI=1S/C18H22O/c1-11-12(2)14(4)17(13(11)3)15(5)18(19)16-9-7-6-8-10-16/h6-10,13,15H,1-5H3. The highest BCUT2D eigenvalue weighted by atomic mass is 16.1. The van der Waals surface area contributed by atoms with E-state index in [-0.39, 0.29) is 11.7 Å². The number of carbonyl (C=O) groups is 1. The van der Waals surface area contributed by atoms with E-state index in [0.717, 1.165) is 5.56 Å². The number of rotatable bonds is 3. The van der Waals surface area contributed by atoms with Gasteiger partial charge in [-0.2, -0.15) is 0 Å². The summed E-state index contributed by atoms with van der Waals surface area (Å²) in [5, 5.41) is 0. The van der Waals surface area contributed by atoms with E-state index in [1.807, 2.05) is 37.3 Å². The summed E-state index contributed by atoms with van der Waals surface area (Å²) in [4.78, 5) is 12.6. The predicted molar refractivity (Wildman–Crippen MR) is 80.2 cm³/mol. The molecule has 0 fully saturated rings. The summed E-state index contributed by atoms with van der Waals surface area (Å²) in [7, 11) is 0. The third-order valence-electron chi connectivity index (χ3n) is 4.62. The van der Waals surface area contributed by atoms with Gasteiger partial charge in [-0.05, 0) is 43.4 Å². The largest absolute Gasteiger partial charge is 0.294 e. The van der Waals surface area contributed by atoms with Crippen molar-refractivity contribution in [3.05, 3.63) is 58.2 Å². The maximum atomic E-state index is 12.6. The molecule has 1 heteroatoms. The van der Waals surface area contributed by atoms with Crippen molar-refractivity contribution < 1.29 is 4.79 Å². The molecule has 0 amide bonds. The maximum absolute atomic E-state index is 12.6. The fraction of sp³-hybridized carbons (Fsp3) is 0.389. The van der Waals surface area contributed by atoms with Crippen molar-refractivity contribution in [1.82, 2.24) is 0 Å². The number of benzene rings is 1. The summed E-state index contributed by atoms with van der Waals surface area (Å²) in [5.74, 6) is 0.580. The number of ketones is 1. The Morgan fingerprint density at radius 3 is 2.11 bits per heavy atom. The number of hydrogen-bond acceptors (Lipinski definition) is 1. The second-order valence-corrected chi connectivity index (χ2v) is 5.56. The van der Waals surface area contributed by atoms with Crippen LogP contribution < -0.4 is 0 Å². The van der Waals surface area contributed by atoms with Crippen LogP contribution in [0.2, 0.25) is 0 Å². The van der Waals surface area contributed by atoms with E-state index in [1.165, 1.54) is 22.3 Å². The maximum Gasteiger partial charge on any atom is 0.169 e. The van der Waals surface area contributed by atoms with Gasteiger partial charge in [-0.15, -0.1) is 0 Å². The average molecular weight is 254 g/mol. The molecule has 2 atom stereocenters. The van der Waals surface area contributed by atoms with Crippen molar-refractivity contribution in [3.8, 4) is 0 Å². The second-order valence-electron chi connectivity index (χ2n) is 5.56. The molecular weight excluding hydrogens is 232 g/mol. The highest BCUT2D eigenvalue weighted by molar-refractivity contribution is 5.99. The van der Waals surface area contributed by atoms with Crippen LogP contribution >= 0.6 is 0 Å². The lowest BCUT2D eigenvalue weighted by Gasteiger charge is -2.19. The van der Waals surface area contributed by atoms with Gasteiger partial charge >= 0.3 is 0 Å². The average Bonchev–Trinajstić information content (AvgIpc) is 2.62. The molecule has 2 rings (SSSR count). The molecule has 1 aliphatic carbocycles. The van der Waals surface area contributed by atoms with E-state index in [0.29, 0.717) is 5.92 Å². The Morgan fingerprint density at radius 1 is 1.05 bits per heavy atom. The molecule has 0 aliphatic heterocycles. The molecule has 19 heavy (non-hydrogen) atoms. The molecule has 1 aromatic rings. The molecule has 0 heterocycles. The topological polar surface area (TPSA) is 17.1 Å². The molecule has 0 saturated carbocycles. The van der Waals surface area contributed by atoms with Crippen LogP contribution in [0, 0.1) is 11.8 Å².